The highest BCUT2D eigenvalue weighted by molar-refractivity contribution is 7.89. The lowest BCUT2D eigenvalue weighted by Gasteiger charge is -2.16. The number of nitrogens with one attached hydrogen (secondary N) is 1. The molecule has 1 aliphatic heterocycles. The molecule has 0 saturated carbocycles. The number of nitrogens with zero attached hydrogens (tertiary/aromatic N) is 1. The molecule has 0 spiro atoms. The monoisotopic (exact) mass is 442 g/mol. The third-order valence-corrected chi connectivity index (χ3v) is 5.97. The standard InChI is InChI=1S/C20H21F3N2O4S/c21-20(22,23)14-29-13-16-5-3-15(4-6-16)12-24-30(27,28)18-9-7-17(8-10-18)25-11-1-2-19(25)26/h3-10,24H,1-2,11-14H2. The third kappa shape index (κ3) is 6.04. The first-order chi connectivity index (χ1) is 14.1. The van der Waals surface area contributed by atoms with Crippen LogP contribution in [-0.2, 0) is 32.7 Å². The van der Waals surface area contributed by atoms with Crippen LogP contribution in [0.4, 0.5) is 18.9 Å². The molecule has 1 N–H and O–H groups in total. The fourth-order valence-electron chi connectivity index (χ4n) is 3.03. The van der Waals surface area contributed by atoms with Crippen molar-refractivity contribution in [3.05, 3.63) is 59.7 Å². The first-order valence-electron chi connectivity index (χ1n) is 9.26. The van der Waals surface area contributed by atoms with Gasteiger partial charge in [-0.3, -0.25) is 4.79 Å². The van der Waals surface area contributed by atoms with Crippen molar-refractivity contribution < 1.29 is 31.1 Å². The smallest absolute Gasteiger partial charge is 0.367 e. The SMILES string of the molecule is O=C1CCCN1c1ccc(S(=O)(=O)NCc2ccc(COCC(F)(F)F)cc2)cc1. The van der Waals surface area contributed by atoms with E-state index in [2.05, 4.69) is 9.46 Å². The quantitative estimate of drug-likeness (QED) is 0.680. The van der Waals surface area contributed by atoms with Crippen molar-refractivity contribution in [3.63, 3.8) is 0 Å². The molecule has 1 amide bonds. The number of halogens is 3. The van der Waals surface area contributed by atoms with Gasteiger partial charge >= 0.3 is 6.18 Å². The Balaban J connectivity index is 1.55. The van der Waals surface area contributed by atoms with Crippen molar-refractivity contribution in [2.24, 2.45) is 0 Å². The van der Waals surface area contributed by atoms with Crippen molar-refractivity contribution in [2.75, 3.05) is 18.1 Å². The maximum atomic E-state index is 12.5. The highest BCUT2D eigenvalue weighted by atomic mass is 32.2. The number of sulfonamides is 1. The second kappa shape index (κ2) is 9.15. The Morgan fingerprint density at radius 2 is 1.63 bits per heavy atom. The number of carbonyl (C=O) groups is 1. The van der Waals surface area contributed by atoms with Crippen LogP contribution in [0.5, 0.6) is 0 Å². The van der Waals surface area contributed by atoms with Gasteiger partial charge in [0.15, 0.2) is 0 Å². The van der Waals surface area contributed by atoms with E-state index in [1.54, 1.807) is 41.3 Å². The Labute approximate surface area is 172 Å². The molecule has 1 heterocycles. The Kier molecular flexibility index (Phi) is 6.79. The van der Waals surface area contributed by atoms with Gasteiger partial charge in [0.1, 0.15) is 6.61 Å². The molecule has 10 heteroatoms. The molecule has 1 fully saturated rings. The van der Waals surface area contributed by atoms with Gasteiger partial charge in [-0.25, -0.2) is 13.1 Å². The predicted molar refractivity (Wildman–Crippen MR) is 104 cm³/mol. The summed E-state index contributed by atoms with van der Waals surface area (Å²) in [6.07, 6.45) is -3.09. The first kappa shape index (κ1) is 22.3. The van der Waals surface area contributed by atoms with Crippen molar-refractivity contribution in [3.8, 4) is 0 Å². The van der Waals surface area contributed by atoms with Crippen LogP contribution in [0.25, 0.3) is 0 Å². The molecule has 0 unspecified atom stereocenters. The van der Waals surface area contributed by atoms with E-state index in [4.69, 9.17) is 0 Å². The van der Waals surface area contributed by atoms with E-state index in [0.717, 1.165) is 6.42 Å². The van der Waals surface area contributed by atoms with E-state index in [1.807, 2.05) is 0 Å². The zero-order chi connectivity index (χ0) is 21.8. The number of rotatable bonds is 8. The predicted octanol–water partition coefficient (Wildman–Crippen LogP) is 3.37. The van der Waals surface area contributed by atoms with Crippen LogP contribution in [0.15, 0.2) is 53.4 Å². The molecule has 0 aliphatic carbocycles. The van der Waals surface area contributed by atoms with E-state index in [1.165, 1.54) is 12.1 Å². The van der Waals surface area contributed by atoms with Gasteiger partial charge in [-0.1, -0.05) is 24.3 Å². The number of amides is 1. The summed E-state index contributed by atoms with van der Waals surface area (Å²) in [6, 6.07) is 12.5. The normalized spacial score (nSPS) is 15.0. The summed E-state index contributed by atoms with van der Waals surface area (Å²) >= 11 is 0. The highest BCUT2D eigenvalue weighted by Crippen LogP contribution is 2.23. The van der Waals surface area contributed by atoms with E-state index >= 15 is 0 Å². The van der Waals surface area contributed by atoms with Gasteiger partial charge in [0.25, 0.3) is 0 Å². The molecule has 0 atom stereocenters. The summed E-state index contributed by atoms with van der Waals surface area (Å²) in [4.78, 5) is 13.5. The van der Waals surface area contributed by atoms with Crippen molar-refractivity contribution in [1.82, 2.24) is 4.72 Å². The largest absolute Gasteiger partial charge is 0.411 e. The average molecular weight is 442 g/mol. The fourth-order valence-corrected chi connectivity index (χ4v) is 4.04. The van der Waals surface area contributed by atoms with Crippen LogP contribution < -0.4 is 9.62 Å². The lowest BCUT2D eigenvalue weighted by Crippen LogP contribution is -2.25. The van der Waals surface area contributed by atoms with Crippen molar-refractivity contribution >= 4 is 21.6 Å². The Bertz CT molecular complexity index is 975. The Morgan fingerprint density at radius 3 is 2.20 bits per heavy atom. The Morgan fingerprint density at radius 1 is 1.00 bits per heavy atom. The van der Waals surface area contributed by atoms with E-state index < -0.39 is 22.8 Å². The van der Waals surface area contributed by atoms with Gasteiger partial charge in [0, 0.05) is 25.2 Å². The van der Waals surface area contributed by atoms with Crippen LogP contribution in [-0.4, -0.2) is 33.7 Å². The number of ether oxygens (including phenoxy) is 1. The Hall–Kier alpha value is -2.43. The van der Waals surface area contributed by atoms with Gasteiger partial charge in [-0.15, -0.1) is 0 Å². The molecular weight excluding hydrogens is 421 g/mol. The van der Waals surface area contributed by atoms with E-state index in [0.29, 0.717) is 29.8 Å². The average Bonchev–Trinajstić information content (AvgIpc) is 3.12. The fraction of sp³-hybridized carbons (Fsp3) is 0.350. The molecule has 1 saturated heterocycles. The second-order valence-corrected chi connectivity index (χ2v) is 8.66. The summed E-state index contributed by atoms with van der Waals surface area (Å²) in [5.41, 5.74) is 1.87. The molecule has 30 heavy (non-hydrogen) atoms. The van der Waals surface area contributed by atoms with Gasteiger partial charge in [0.2, 0.25) is 15.9 Å². The first-order valence-corrected chi connectivity index (χ1v) is 10.7. The minimum atomic E-state index is -4.37. The zero-order valence-corrected chi connectivity index (χ0v) is 16.8. The third-order valence-electron chi connectivity index (χ3n) is 4.56. The molecule has 6 nitrogen and oxygen atoms in total. The second-order valence-electron chi connectivity index (χ2n) is 6.89. The summed E-state index contributed by atoms with van der Waals surface area (Å²) < 4.78 is 68.3. The molecular formula is C20H21F3N2O4S. The van der Waals surface area contributed by atoms with Crippen molar-refractivity contribution in [2.45, 2.75) is 37.1 Å². The van der Waals surface area contributed by atoms with Crippen LogP contribution >= 0.6 is 0 Å². The van der Waals surface area contributed by atoms with Crippen molar-refractivity contribution in [1.29, 1.82) is 0 Å². The molecule has 3 rings (SSSR count). The summed E-state index contributed by atoms with van der Waals surface area (Å²) in [5, 5.41) is 0. The molecule has 2 aromatic rings. The zero-order valence-electron chi connectivity index (χ0n) is 16.0. The highest BCUT2D eigenvalue weighted by Gasteiger charge is 2.27. The number of hydrogen-bond acceptors (Lipinski definition) is 4. The minimum Gasteiger partial charge on any atom is -0.367 e. The number of anilines is 1. The van der Waals surface area contributed by atoms with Crippen LogP contribution in [0.1, 0.15) is 24.0 Å². The number of carbonyl (C=O) groups excluding carboxylic acids is 1. The summed E-state index contributed by atoms with van der Waals surface area (Å²) in [6.45, 7) is -0.852. The minimum absolute atomic E-state index is 0.0241. The molecule has 1 aliphatic rings. The molecule has 162 valence electrons. The van der Waals surface area contributed by atoms with E-state index in [9.17, 15) is 26.4 Å². The number of benzene rings is 2. The number of hydrogen-bond donors (Lipinski definition) is 1. The van der Waals surface area contributed by atoms with Crippen LogP contribution in [0.3, 0.4) is 0 Å². The maximum Gasteiger partial charge on any atom is 0.411 e. The lowest BCUT2D eigenvalue weighted by atomic mass is 10.1. The summed E-state index contributed by atoms with van der Waals surface area (Å²) in [5.74, 6) is 0.0241. The van der Waals surface area contributed by atoms with Gasteiger partial charge in [0.05, 0.1) is 11.5 Å². The van der Waals surface area contributed by atoms with Gasteiger partial charge < -0.3 is 9.64 Å². The lowest BCUT2D eigenvalue weighted by molar-refractivity contribution is -0.176. The topological polar surface area (TPSA) is 75.7 Å². The number of alkyl halides is 3. The van der Waals surface area contributed by atoms with Crippen LogP contribution in [0, 0.1) is 0 Å². The van der Waals surface area contributed by atoms with Crippen LogP contribution in [0.2, 0.25) is 0 Å². The summed E-state index contributed by atoms with van der Waals surface area (Å²) in [7, 11) is -3.76. The maximum absolute atomic E-state index is 12.5. The molecule has 0 bridgehead atoms. The van der Waals surface area contributed by atoms with Gasteiger partial charge in [-0.05, 0) is 41.8 Å². The molecule has 2 aromatic carbocycles. The van der Waals surface area contributed by atoms with Gasteiger partial charge in [-0.2, -0.15) is 13.2 Å². The molecule has 0 radical (unpaired) electrons. The molecule has 0 aromatic heterocycles. The van der Waals surface area contributed by atoms with E-state index in [-0.39, 0.29) is 24.0 Å².